The van der Waals surface area contributed by atoms with Gasteiger partial charge in [-0.2, -0.15) is 0 Å². The molecule has 1 atom stereocenters. The minimum absolute atomic E-state index is 0.395. The molecule has 19 heavy (non-hydrogen) atoms. The normalized spacial score (nSPS) is 21.4. The minimum atomic E-state index is 0.395. The molecule has 1 unspecified atom stereocenters. The molecule has 3 heteroatoms. The number of ether oxygens (including phenoxy) is 2. The van der Waals surface area contributed by atoms with Crippen molar-refractivity contribution in [3.05, 3.63) is 23.8 Å². The number of hydrogen-bond donors (Lipinski definition) is 1. The molecule has 106 valence electrons. The SMILES string of the molecule is COc1ccc(OC)c(CNC2CCCC2(C)C)c1. The van der Waals surface area contributed by atoms with Crippen molar-refractivity contribution in [2.75, 3.05) is 14.2 Å². The first-order valence-electron chi connectivity index (χ1n) is 7.01. The van der Waals surface area contributed by atoms with E-state index in [9.17, 15) is 0 Å². The van der Waals surface area contributed by atoms with E-state index in [1.54, 1.807) is 14.2 Å². The smallest absolute Gasteiger partial charge is 0.123 e. The Bertz CT molecular complexity index is 429. The summed E-state index contributed by atoms with van der Waals surface area (Å²) in [5.74, 6) is 1.80. The first kappa shape index (κ1) is 14.2. The first-order chi connectivity index (χ1) is 9.06. The summed E-state index contributed by atoms with van der Waals surface area (Å²) in [5.41, 5.74) is 1.55. The van der Waals surface area contributed by atoms with Crippen molar-refractivity contribution in [1.29, 1.82) is 0 Å². The number of nitrogens with one attached hydrogen (secondary N) is 1. The summed E-state index contributed by atoms with van der Waals surface area (Å²) in [5, 5.41) is 3.68. The Labute approximate surface area is 116 Å². The van der Waals surface area contributed by atoms with Crippen molar-refractivity contribution in [1.82, 2.24) is 5.32 Å². The molecular formula is C16H25NO2. The molecular weight excluding hydrogens is 238 g/mol. The fourth-order valence-corrected chi connectivity index (χ4v) is 2.96. The highest BCUT2D eigenvalue weighted by molar-refractivity contribution is 5.40. The van der Waals surface area contributed by atoms with E-state index in [0.717, 1.165) is 23.6 Å². The highest BCUT2D eigenvalue weighted by Gasteiger charge is 2.33. The van der Waals surface area contributed by atoms with E-state index in [2.05, 4.69) is 19.2 Å². The Hall–Kier alpha value is -1.22. The summed E-state index contributed by atoms with van der Waals surface area (Å²) in [6.07, 6.45) is 3.89. The predicted molar refractivity (Wildman–Crippen MR) is 77.8 cm³/mol. The van der Waals surface area contributed by atoms with Gasteiger partial charge in [0.15, 0.2) is 0 Å². The van der Waals surface area contributed by atoms with Gasteiger partial charge in [0, 0.05) is 18.2 Å². The van der Waals surface area contributed by atoms with Crippen molar-refractivity contribution in [3.63, 3.8) is 0 Å². The van der Waals surface area contributed by atoms with Gasteiger partial charge in [-0.25, -0.2) is 0 Å². The van der Waals surface area contributed by atoms with Gasteiger partial charge in [0.05, 0.1) is 14.2 Å². The molecule has 0 bridgehead atoms. The van der Waals surface area contributed by atoms with Gasteiger partial charge < -0.3 is 14.8 Å². The third-order valence-electron chi connectivity index (χ3n) is 4.28. The van der Waals surface area contributed by atoms with Gasteiger partial charge in [-0.15, -0.1) is 0 Å². The van der Waals surface area contributed by atoms with Gasteiger partial charge in [-0.3, -0.25) is 0 Å². The lowest BCUT2D eigenvalue weighted by molar-refractivity contribution is 0.281. The summed E-state index contributed by atoms with van der Waals surface area (Å²) in [7, 11) is 3.41. The maximum Gasteiger partial charge on any atom is 0.123 e. The lowest BCUT2D eigenvalue weighted by atomic mass is 9.87. The van der Waals surface area contributed by atoms with Gasteiger partial charge in [-0.1, -0.05) is 20.3 Å². The van der Waals surface area contributed by atoms with Crippen molar-refractivity contribution < 1.29 is 9.47 Å². The fraction of sp³-hybridized carbons (Fsp3) is 0.625. The Morgan fingerprint density at radius 2 is 2.05 bits per heavy atom. The third kappa shape index (κ3) is 3.21. The van der Waals surface area contributed by atoms with E-state index < -0.39 is 0 Å². The van der Waals surface area contributed by atoms with Crippen LogP contribution in [-0.2, 0) is 6.54 Å². The summed E-state index contributed by atoms with van der Waals surface area (Å²) in [4.78, 5) is 0. The summed E-state index contributed by atoms with van der Waals surface area (Å²) >= 11 is 0. The molecule has 0 spiro atoms. The monoisotopic (exact) mass is 263 g/mol. The van der Waals surface area contributed by atoms with Crippen LogP contribution in [0.1, 0.15) is 38.7 Å². The Kier molecular flexibility index (Phi) is 4.35. The molecule has 0 amide bonds. The molecule has 0 heterocycles. The molecule has 1 aromatic rings. The van der Waals surface area contributed by atoms with Crippen LogP contribution in [-0.4, -0.2) is 20.3 Å². The van der Waals surface area contributed by atoms with Gasteiger partial charge in [0.25, 0.3) is 0 Å². The Morgan fingerprint density at radius 3 is 2.63 bits per heavy atom. The van der Waals surface area contributed by atoms with Gasteiger partial charge in [-0.05, 0) is 36.5 Å². The van der Waals surface area contributed by atoms with Crippen LogP contribution in [0.25, 0.3) is 0 Å². The molecule has 1 saturated carbocycles. The van der Waals surface area contributed by atoms with E-state index in [1.807, 2.05) is 18.2 Å². The van der Waals surface area contributed by atoms with Crippen LogP contribution >= 0.6 is 0 Å². The number of hydrogen-bond acceptors (Lipinski definition) is 3. The van der Waals surface area contributed by atoms with E-state index in [-0.39, 0.29) is 0 Å². The van der Waals surface area contributed by atoms with Gasteiger partial charge in [0.2, 0.25) is 0 Å². The molecule has 1 aromatic carbocycles. The molecule has 1 aliphatic carbocycles. The molecule has 0 aromatic heterocycles. The largest absolute Gasteiger partial charge is 0.497 e. The van der Waals surface area contributed by atoms with E-state index >= 15 is 0 Å². The molecule has 0 radical (unpaired) electrons. The van der Waals surface area contributed by atoms with Crippen LogP contribution < -0.4 is 14.8 Å². The Balaban J connectivity index is 2.06. The molecule has 0 aliphatic heterocycles. The van der Waals surface area contributed by atoms with E-state index in [0.29, 0.717) is 11.5 Å². The van der Waals surface area contributed by atoms with Crippen LogP contribution in [0, 0.1) is 5.41 Å². The molecule has 1 aliphatic rings. The van der Waals surface area contributed by atoms with Crippen LogP contribution in [0.15, 0.2) is 18.2 Å². The van der Waals surface area contributed by atoms with Gasteiger partial charge in [0.1, 0.15) is 11.5 Å². The van der Waals surface area contributed by atoms with Crippen LogP contribution in [0.5, 0.6) is 11.5 Å². The summed E-state index contributed by atoms with van der Waals surface area (Å²) in [6, 6.07) is 6.54. The second-order valence-electron chi connectivity index (χ2n) is 5.99. The standard InChI is InChI=1S/C16H25NO2/c1-16(2)9-5-6-15(16)17-11-12-10-13(18-3)7-8-14(12)19-4/h7-8,10,15,17H,5-6,9,11H2,1-4H3. The highest BCUT2D eigenvalue weighted by atomic mass is 16.5. The predicted octanol–water partition coefficient (Wildman–Crippen LogP) is 3.37. The number of rotatable bonds is 5. The molecule has 3 nitrogen and oxygen atoms in total. The van der Waals surface area contributed by atoms with E-state index in [1.165, 1.54) is 19.3 Å². The zero-order valence-corrected chi connectivity index (χ0v) is 12.5. The summed E-state index contributed by atoms with van der Waals surface area (Å²) < 4.78 is 10.7. The van der Waals surface area contributed by atoms with Crippen molar-refractivity contribution in [2.24, 2.45) is 5.41 Å². The first-order valence-corrected chi connectivity index (χ1v) is 7.01. The van der Waals surface area contributed by atoms with Crippen LogP contribution in [0.2, 0.25) is 0 Å². The average molecular weight is 263 g/mol. The minimum Gasteiger partial charge on any atom is -0.497 e. The topological polar surface area (TPSA) is 30.5 Å². The maximum atomic E-state index is 5.42. The number of methoxy groups -OCH3 is 2. The second-order valence-corrected chi connectivity index (χ2v) is 5.99. The summed E-state index contributed by atoms with van der Waals surface area (Å²) in [6.45, 7) is 5.52. The lowest BCUT2D eigenvalue weighted by Crippen LogP contribution is -2.37. The van der Waals surface area contributed by atoms with E-state index in [4.69, 9.17) is 9.47 Å². The van der Waals surface area contributed by atoms with Crippen molar-refractivity contribution in [2.45, 2.75) is 45.7 Å². The molecule has 2 rings (SSSR count). The van der Waals surface area contributed by atoms with Crippen LogP contribution in [0.4, 0.5) is 0 Å². The second kappa shape index (κ2) is 5.83. The Morgan fingerprint density at radius 1 is 1.26 bits per heavy atom. The fourth-order valence-electron chi connectivity index (χ4n) is 2.96. The zero-order chi connectivity index (χ0) is 13.9. The molecule has 0 saturated heterocycles. The van der Waals surface area contributed by atoms with Crippen molar-refractivity contribution in [3.8, 4) is 11.5 Å². The van der Waals surface area contributed by atoms with Gasteiger partial charge >= 0.3 is 0 Å². The highest BCUT2D eigenvalue weighted by Crippen LogP contribution is 2.37. The molecule has 1 fully saturated rings. The lowest BCUT2D eigenvalue weighted by Gasteiger charge is -2.28. The zero-order valence-electron chi connectivity index (χ0n) is 12.5. The maximum absolute atomic E-state index is 5.42. The molecule has 1 N–H and O–H groups in total. The van der Waals surface area contributed by atoms with Crippen LogP contribution in [0.3, 0.4) is 0 Å². The average Bonchev–Trinajstić information content (AvgIpc) is 2.75. The number of benzene rings is 1. The third-order valence-corrected chi connectivity index (χ3v) is 4.28. The van der Waals surface area contributed by atoms with Crippen molar-refractivity contribution >= 4 is 0 Å². The quantitative estimate of drug-likeness (QED) is 0.883.